The van der Waals surface area contributed by atoms with Crippen LogP contribution >= 0.6 is 0 Å². The van der Waals surface area contributed by atoms with Crippen LogP contribution in [-0.4, -0.2) is 72.9 Å². The lowest BCUT2D eigenvalue weighted by atomic mass is 10.0. The number of rotatable bonds is 7. The molecule has 0 aliphatic carbocycles. The number of likely N-dealkylation sites (N-methyl/N-ethyl adjacent to an activating group) is 1. The van der Waals surface area contributed by atoms with Crippen LogP contribution in [0.25, 0.3) is 5.57 Å². The Bertz CT molecular complexity index is 961. The number of hydrogen-bond donors (Lipinski definition) is 0. The average Bonchev–Trinajstić information content (AvgIpc) is 3.08. The molecule has 0 atom stereocenters. The van der Waals surface area contributed by atoms with E-state index in [1.807, 2.05) is 54.6 Å². The summed E-state index contributed by atoms with van der Waals surface area (Å²) >= 11 is 0. The number of piperazine rings is 1. The molecule has 4 rings (SSSR count). The highest BCUT2D eigenvalue weighted by Gasteiger charge is 2.41. The summed E-state index contributed by atoms with van der Waals surface area (Å²) in [5.41, 5.74) is 2.91. The van der Waals surface area contributed by atoms with Gasteiger partial charge in [-0.15, -0.1) is 0 Å². The first-order valence-corrected chi connectivity index (χ1v) is 10.9. The molecule has 2 heterocycles. The highest BCUT2D eigenvalue weighted by atomic mass is 16.5. The molecule has 2 amide bonds. The van der Waals surface area contributed by atoms with Crippen LogP contribution in [-0.2, 0) is 16.0 Å². The van der Waals surface area contributed by atoms with Gasteiger partial charge in [-0.2, -0.15) is 0 Å². The molecule has 1 saturated heterocycles. The number of ether oxygens (including phenoxy) is 1. The van der Waals surface area contributed by atoms with E-state index in [-0.39, 0.29) is 11.8 Å². The predicted octanol–water partition coefficient (Wildman–Crippen LogP) is 2.66. The molecule has 0 aromatic heterocycles. The summed E-state index contributed by atoms with van der Waals surface area (Å²) in [4.78, 5) is 32.8. The van der Waals surface area contributed by atoms with Crippen molar-refractivity contribution in [2.24, 2.45) is 0 Å². The molecule has 162 valence electrons. The number of carbonyl (C=O) groups is 2. The highest BCUT2D eigenvalue weighted by molar-refractivity contribution is 6.35. The quantitative estimate of drug-likeness (QED) is 0.646. The van der Waals surface area contributed by atoms with Crippen LogP contribution in [0, 0.1) is 0 Å². The average molecular weight is 420 g/mol. The summed E-state index contributed by atoms with van der Waals surface area (Å²) in [6.07, 6.45) is 0.644. The van der Waals surface area contributed by atoms with E-state index in [0.29, 0.717) is 24.2 Å². The van der Waals surface area contributed by atoms with E-state index in [4.69, 9.17) is 4.74 Å². The van der Waals surface area contributed by atoms with Crippen molar-refractivity contribution in [2.75, 3.05) is 46.4 Å². The number of methoxy groups -OCH3 is 1. The molecular formula is C25H29N3O3. The Hall–Kier alpha value is -3.12. The molecule has 0 bridgehead atoms. The molecule has 0 N–H and O–H groups in total. The van der Waals surface area contributed by atoms with Gasteiger partial charge in [0.15, 0.2) is 0 Å². The lowest BCUT2D eigenvalue weighted by Crippen LogP contribution is -2.47. The second-order valence-corrected chi connectivity index (χ2v) is 7.87. The van der Waals surface area contributed by atoms with Crippen LogP contribution in [0.2, 0.25) is 0 Å². The smallest absolute Gasteiger partial charge is 0.277 e. The summed E-state index contributed by atoms with van der Waals surface area (Å²) in [5, 5.41) is 0. The topological polar surface area (TPSA) is 53.1 Å². The fourth-order valence-corrected chi connectivity index (χ4v) is 4.25. The van der Waals surface area contributed by atoms with E-state index in [9.17, 15) is 9.59 Å². The van der Waals surface area contributed by atoms with Gasteiger partial charge in [0.05, 0.1) is 12.7 Å². The number of imide groups is 1. The first kappa shape index (κ1) is 21.1. The van der Waals surface area contributed by atoms with E-state index < -0.39 is 0 Å². The standard InChI is InChI=1S/C25H29N3O3/c1-3-26-15-17-27(18-16-26)23-22(20-9-11-21(31-2)12-10-20)24(29)28(25(23)30)14-13-19-7-5-4-6-8-19/h4-12H,3,13-18H2,1-2H3. The van der Waals surface area contributed by atoms with Crippen LogP contribution in [0.4, 0.5) is 0 Å². The zero-order chi connectivity index (χ0) is 21.8. The van der Waals surface area contributed by atoms with Gasteiger partial charge in [-0.05, 0) is 36.2 Å². The van der Waals surface area contributed by atoms with Crippen molar-refractivity contribution < 1.29 is 14.3 Å². The third kappa shape index (κ3) is 4.35. The second-order valence-electron chi connectivity index (χ2n) is 7.87. The molecule has 2 aliphatic rings. The molecule has 31 heavy (non-hydrogen) atoms. The molecule has 1 fully saturated rings. The fraction of sp³-hybridized carbons (Fsp3) is 0.360. The third-order valence-corrected chi connectivity index (χ3v) is 6.12. The minimum Gasteiger partial charge on any atom is -0.497 e. The first-order valence-electron chi connectivity index (χ1n) is 10.9. The van der Waals surface area contributed by atoms with Crippen molar-refractivity contribution in [1.29, 1.82) is 0 Å². The van der Waals surface area contributed by atoms with Crippen LogP contribution in [0.3, 0.4) is 0 Å². The van der Waals surface area contributed by atoms with Crippen molar-refractivity contribution in [3.63, 3.8) is 0 Å². The molecule has 6 heteroatoms. The molecular weight excluding hydrogens is 390 g/mol. The zero-order valence-electron chi connectivity index (χ0n) is 18.2. The van der Waals surface area contributed by atoms with E-state index in [1.165, 1.54) is 4.90 Å². The second kappa shape index (κ2) is 9.35. The van der Waals surface area contributed by atoms with E-state index >= 15 is 0 Å². The minimum absolute atomic E-state index is 0.184. The van der Waals surface area contributed by atoms with Gasteiger partial charge >= 0.3 is 0 Å². The maximum atomic E-state index is 13.5. The van der Waals surface area contributed by atoms with Gasteiger partial charge in [-0.25, -0.2) is 0 Å². The Balaban J connectivity index is 1.63. The Morgan fingerprint density at radius 2 is 1.55 bits per heavy atom. The highest BCUT2D eigenvalue weighted by Crippen LogP contribution is 2.33. The largest absolute Gasteiger partial charge is 0.497 e. The molecule has 0 unspecified atom stereocenters. The molecule has 0 spiro atoms. The van der Waals surface area contributed by atoms with Crippen molar-refractivity contribution >= 4 is 17.4 Å². The van der Waals surface area contributed by atoms with Gasteiger partial charge in [0.25, 0.3) is 11.8 Å². The number of amides is 2. The number of nitrogens with zero attached hydrogens (tertiary/aromatic N) is 3. The lowest BCUT2D eigenvalue weighted by Gasteiger charge is -2.36. The van der Waals surface area contributed by atoms with E-state index in [2.05, 4.69) is 16.7 Å². The third-order valence-electron chi connectivity index (χ3n) is 6.12. The number of hydrogen-bond acceptors (Lipinski definition) is 5. The molecule has 2 aromatic carbocycles. The minimum atomic E-state index is -0.209. The number of carbonyl (C=O) groups excluding carboxylic acids is 2. The number of benzene rings is 2. The van der Waals surface area contributed by atoms with E-state index in [0.717, 1.165) is 49.6 Å². The predicted molar refractivity (Wildman–Crippen MR) is 120 cm³/mol. The van der Waals surface area contributed by atoms with Gasteiger partial charge in [-0.1, -0.05) is 49.4 Å². The van der Waals surface area contributed by atoms with Crippen LogP contribution in [0.15, 0.2) is 60.3 Å². The van der Waals surface area contributed by atoms with Crippen molar-refractivity contribution in [1.82, 2.24) is 14.7 Å². The monoisotopic (exact) mass is 419 g/mol. The normalized spacial score (nSPS) is 17.6. The van der Waals surface area contributed by atoms with Crippen molar-refractivity contribution in [2.45, 2.75) is 13.3 Å². The fourth-order valence-electron chi connectivity index (χ4n) is 4.25. The summed E-state index contributed by atoms with van der Waals surface area (Å²) < 4.78 is 5.26. The first-order chi connectivity index (χ1) is 15.1. The molecule has 2 aliphatic heterocycles. The maximum Gasteiger partial charge on any atom is 0.277 e. The maximum absolute atomic E-state index is 13.5. The molecule has 6 nitrogen and oxygen atoms in total. The summed E-state index contributed by atoms with van der Waals surface area (Å²) in [5.74, 6) is 0.330. The van der Waals surface area contributed by atoms with Gasteiger partial charge in [0, 0.05) is 32.7 Å². The van der Waals surface area contributed by atoms with Crippen LogP contribution in [0.1, 0.15) is 18.1 Å². The molecule has 2 aromatic rings. The van der Waals surface area contributed by atoms with Gasteiger partial charge in [0.1, 0.15) is 11.4 Å². The van der Waals surface area contributed by atoms with Gasteiger partial charge in [-0.3, -0.25) is 14.5 Å². The Labute approximate surface area is 183 Å². The van der Waals surface area contributed by atoms with Gasteiger partial charge < -0.3 is 14.5 Å². The molecule has 0 radical (unpaired) electrons. The van der Waals surface area contributed by atoms with Crippen molar-refractivity contribution in [3.8, 4) is 5.75 Å². The molecule has 0 saturated carbocycles. The van der Waals surface area contributed by atoms with E-state index in [1.54, 1.807) is 7.11 Å². The summed E-state index contributed by atoms with van der Waals surface area (Å²) in [7, 11) is 1.61. The Morgan fingerprint density at radius 3 is 2.16 bits per heavy atom. The van der Waals surface area contributed by atoms with Crippen LogP contribution < -0.4 is 4.74 Å². The SMILES string of the molecule is CCN1CCN(C2=C(c3ccc(OC)cc3)C(=O)N(CCc3ccccc3)C2=O)CC1. The lowest BCUT2D eigenvalue weighted by molar-refractivity contribution is -0.137. The van der Waals surface area contributed by atoms with Crippen LogP contribution in [0.5, 0.6) is 5.75 Å². The van der Waals surface area contributed by atoms with Crippen molar-refractivity contribution in [3.05, 3.63) is 71.4 Å². The Kier molecular flexibility index (Phi) is 6.37. The van der Waals surface area contributed by atoms with Gasteiger partial charge in [0.2, 0.25) is 0 Å². The summed E-state index contributed by atoms with van der Waals surface area (Å²) in [6, 6.07) is 17.4. The zero-order valence-corrected chi connectivity index (χ0v) is 18.2. The Morgan fingerprint density at radius 1 is 0.871 bits per heavy atom. The summed E-state index contributed by atoms with van der Waals surface area (Å²) in [6.45, 7) is 6.78.